The van der Waals surface area contributed by atoms with Crippen molar-refractivity contribution in [2.45, 2.75) is 92.2 Å². The molecule has 2 aromatic carbocycles. The van der Waals surface area contributed by atoms with E-state index in [1.165, 1.54) is 24.1 Å². The topological polar surface area (TPSA) is 91.5 Å². The number of rotatable bonds is 13. The molecule has 0 radical (unpaired) electrons. The Morgan fingerprint density at radius 1 is 1.00 bits per heavy atom. The third kappa shape index (κ3) is 12.8. The van der Waals surface area contributed by atoms with E-state index in [4.69, 9.17) is 20.2 Å². The summed E-state index contributed by atoms with van der Waals surface area (Å²) < 4.78 is 11.0. The second kappa shape index (κ2) is 19.1. The molecule has 1 aliphatic rings. The average Bonchev–Trinajstić information content (AvgIpc) is 3.43. The van der Waals surface area contributed by atoms with Gasteiger partial charge in [0.25, 0.3) is 0 Å². The highest BCUT2D eigenvalue weighted by atomic mass is 32.1. The highest BCUT2D eigenvalue weighted by molar-refractivity contribution is 7.11. The molecule has 6 nitrogen and oxygen atoms in total. The van der Waals surface area contributed by atoms with Gasteiger partial charge in [-0.05, 0) is 93.4 Å². The molecule has 4 rings (SSSR count). The minimum atomic E-state index is -0.296. The molecule has 1 atom stereocenters. The number of aromatic nitrogens is 1. The molecule has 0 amide bonds. The number of carbonyl (C=O) groups is 2. The van der Waals surface area contributed by atoms with Gasteiger partial charge in [-0.15, -0.1) is 11.3 Å². The van der Waals surface area contributed by atoms with Gasteiger partial charge in [-0.25, -0.2) is 9.78 Å². The van der Waals surface area contributed by atoms with Gasteiger partial charge in [-0.3, -0.25) is 0 Å². The van der Waals surface area contributed by atoms with Crippen molar-refractivity contribution in [3.05, 3.63) is 98.5 Å². The summed E-state index contributed by atoms with van der Waals surface area (Å²) in [5.41, 5.74) is 11.4. The van der Waals surface area contributed by atoms with Crippen molar-refractivity contribution in [2.24, 2.45) is 17.6 Å². The fraction of sp³-hybridized carbons (Fsp3) is 0.447. The number of thiazole rings is 1. The number of nitrogens with zero attached hydrogens (tertiary/aromatic N) is 1. The molecule has 242 valence electrons. The lowest BCUT2D eigenvalue weighted by atomic mass is 9.91. The Hall–Kier alpha value is -3.55. The molecule has 45 heavy (non-hydrogen) atoms. The lowest BCUT2D eigenvalue weighted by Crippen LogP contribution is -2.13. The van der Waals surface area contributed by atoms with Gasteiger partial charge in [0.15, 0.2) is 0 Å². The summed E-state index contributed by atoms with van der Waals surface area (Å²) in [5, 5.41) is 0.921. The van der Waals surface area contributed by atoms with Crippen molar-refractivity contribution in [3.63, 3.8) is 0 Å². The van der Waals surface area contributed by atoms with Gasteiger partial charge in [0, 0.05) is 16.4 Å². The van der Waals surface area contributed by atoms with Gasteiger partial charge >= 0.3 is 5.97 Å². The van der Waals surface area contributed by atoms with Crippen molar-refractivity contribution in [3.8, 4) is 5.75 Å². The third-order valence-corrected chi connectivity index (χ3v) is 8.76. The molecule has 0 aliphatic heterocycles. The van der Waals surface area contributed by atoms with Crippen LogP contribution in [0.4, 0.5) is 0 Å². The van der Waals surface area contributed by atoms with Gasteiger partial charge in [-0.1, -0.05) is 75.6 Å². The zero-order valence-electron chi connectivity index (χ0n) is 27.6. The van der Waals surface area contributed by atoms with Crippen LogP contribution in [0.25, 0.3) is 6.08 Å². The molecule has 0 spiro atoms. The highest BCUT2D eigenvalue weighted by Crippen LogP contribution is 2.29. The minimum Gasteiger partial charge on any atom is -0.489 e. The summed E-state index contributed by atoms with van der Waals surface area (Å²) in [6, 6.07) is 18.0. The second-order valence-corrected chi connectivity index (χ2v) is 13.3. The summed E-state index contributed by atoms with van der Waals surface area (Å²) in [5.74, 6) is 1.44. The van der Waals surface area contributed by atoms with E-state index in [9.17, 15) is 9.59 Å². The molecule has 0 saturated heterocycles. The molecular formula is C38H50N2O4S. The number of allylic oxidation sites excluding steroid dienone is 2. The summed E-state index contributed by atoms with van der Waals surface area (Å²) in [4.78, 5) is 28.3. The number of carbonyl (C=O) groups excluding carboxylic acids is 2. The summed E-state index contributed by atoms with van der Waals surface area (Å²) in [6.07, 6.45) is 12.8. The van der Waals surface area contributed by atoms with Gasteiger partial charge in [0.05, 0.1) is 18.3 Å². The Bertz CT molecular complexity index is 1390. The largest absolute Gasteiger partial charge is 0.489 e. The molecular weight excluding hydrogens is 580 g/mol. The molecule has 2 N–H and O–H groups in total. The van der Waals surface area contributed by atoms with Crippen LogP contribution in [-0.4, -0.2) is 23.8 Å². The van der Waals surface area contributed by atoms with Crippen molar-refractivity contribution in [1.29, 1.82) is 0 Å². The number of ether oxygens (including phenoxy) is 2. The molecule has 1 heterocycles. The Balaban J connectivity index is 0.000000598. The first-order valence-corrected chi connectivity index (χ1v) is 17.0. The molecule has 1 aliphatic carbocycles. The number of nitrogens with two attached hydrogens (primary N) is 1. The SMILES string of the molecule is CCOC(=O)/C(C)=C\C(C)=C\c1nc(C(N)Cc2ccc(OCc3ccccc3)cc2)sc1CC(C)C.O=CC1CCCCC1. The van der Waals surface area contributed by atoms with E-state index < -0.39 is 0 Å². The molecule has 3 aromatic rings. The van der Waals surface area contributed by atoms with Crippen LogP contribution in [0.1, 0.15) is 99.5 Å². The maximum absolute atomic E-state index is 12.0. The van der Waals surface area contributed by atoms with Crippen molar-refractivity contribution >= 4 is 29.7 Å². The van der Waals surface area contributed by atoms with Crippen LogP contribution in [0.5, 0.6) is 5.75 Å². The van der Waals surface area contributed by atoms with Crippen LogP contribution < -0.4 is 10.5 Å². The molecule has 1 unspecified atom stereocenters. The molecule has 1 aromatic heterocycles. The number of hydrogen-bond acceptors (Lipinski definition) is 7. The average molecular weight is 631 g/mol. The van der Waals surface area contributed by atoms with Crippen molar-refractivity contribution < 1.29 is 19.1 Å². The lowest BCUT2D eigenvalue weighted by Gasteiger charge is -2.14. The molecule has 1 saturated carbocycles. The Kier molecular flexibility index (Phi) is 15.2. The van der Waals surface area contributed by atoms with E-state index in [-0.39, 0.29) is 12.0 Å². The summed E-state index contributed by atoms with van der Waals surface area (Å²) in [6.45, 7) is 10.9. The summed E-state index contributed by atoms with van der Waals surface area (Å²) in [7, 11) is 0. The Labute approximate surface area is 273 Å². The van der Waals surface area contributed by atoms with Gasteiger partial charge in [-0.2, -0.15) is 0 Å². The third-order valence-electron chi connectivity index (χ3n) is 7.53. The zero-order chi connectivity index (χ0) is 32.6. The van der Waals surface area contributed by atoms with Crippen LogP contribution in [0.15, 0.2) is 71.8 Å². The first-order chi connectivity index (χ1) is 21.7. The fourth-order valence-corrected chi connectivity index (χ4v) is 6.40. The molecule has 7 heteroatoms. The van der Waals surface area contributed by atoms with Crippen LogP contribution in [0.2, 0.25) is 0 Å². The van der Waals surface area contributed by atoms with E-state index in [0.29, 0.717) is 37.0 Å². The van der Waals surface area contributed by atoms with Gasteiger partial charge < -0.3 is 20.0 Å². The maximum Gasteiger partial charge on any atom is 0.333 e. The van der Waals surface area contributed by atoms with Crippen LogP contribution >= 0.6 is 11.3 Å². The Morgan fingerprint density at radius 2 is 1.69 bits per heavy atom. The van der Waals surface area contributed by atoms with Gasteiger partial charge in [0.2, 0.25) is 0 Å². The van der Waals surface area contributed by atoms with E-state index in [1.807, 2.05) is 49.4 Å². The monoisotopic (exact) mass is 630 g/mol. The van der Waals surface area contributed by atoms with E-state index in [0.717, 1.165) is 58.7 Å². The van der Waals surface area contributed by atoms with E-state index >= 15 is 0 Å². The van der Waals surface area contributed by atoms with E-state index in [1.54, 1.807) is 25.2 Å². The van der Waals surface area contributed by atoms with Crippen LogP contribution in [0, 0.1) is 11.8 Å². The number of aldehydes is 1. The predicted octanol–water partition coefficient (Wildman–Crippen LogP) is 8.84. The number of esters is 1. The zero-order valence-corrected chi connectivity index (χ0v) is 28.4. The normalized spacial score (nSPS) is 14.8. The fourth-order valence-electron chi connectivity index (χ4n) is 5.15. The number of hydrogen-bond donors (Lipinski definition) is 1. The standard InChI is InChI=1S/C31H38N2O3S.C7H12O/c1-6-35-31(34)23(5)17-22(4)18-28-29(16-21(2)3)37-30(33-28)27(32)19-24-12-14-26(15-13-24)36-20-25-10-8-7-9-11-25;8-6-7-4-2-1-3-5-7/h7-15,17-18,21,27H,6,16,19-20,32H2,1-5H3;6-7H,1-5H2/b22-18+,23-17-;. The van der Waals surface area contributed by atoms with E-state index in [2.05, 4.69) is 38.1 Å². The smallest absolute Gasteiger partial charge is 0.333 e. The molecule has 1 fully saturated rings. The second-order valence-electron chi connectivity index (χ2n) is 12.2. The summed E-state index contributed by atoms with van der Waals surface area (Å²) >= 11 is 1.68. The first kappa shape index (κ1) is 35.9. The predicted molar refractivity (Wildman–Crippen MR) is 185 cm³/mol. The quantitative estimate of drug-likeness (QED) is 0.0878. The van der Waals surface area contributed by atoms with Crippen LogP contribution in [-0.2, 0) is 33.8 Å². The minimum absolute atomic E-state index is 0.203. The van der Waals surface area contributed by atoms with Crippen LogP contribution in [0.3, 0.4) is 0 Å². The van der Waals surface area contributed by atoms with Crippen molar-refractivity contribution in [2.75, 3.05) is 6.61 Å². The van der Waals surface area contributed by atoms with Gasteiger partial charge in [0.1, 0.15) is 23.7 Å². The lowest BCUT2D eigenvalue weighted by molar-refractivity contribution is -0.138. The maximum atomic E-state index is 12.0. The Morgan fingerprint density at radius 3 is 2.29 bits per heavy atom. The molecule has 0 bridgehead atoms. The van der Waals surface area contributed by atoms with Crippen molar-refractivity contribution in [1.82, 2.24) is 4.98 Å². The number of benzene rings is 2. The first-order valence-electron chi connectivity index (χ1n) is 16.2. The highest BCUT2D eigenvalue weighted by Gasteiger charge is 2.17.